The van der Waals surface area contributed by atoms with E-state index < -0.39 is 5.97 Å². The molecule has 0 atom stereocenters. The molecular formula is C21H40NNaO3. The fourth-order valence-corrected chi connectivity index (χ4v) is 2.83. The van der Waals surface area contributed by atoms with Gasteiger partial charge in [0.25, 0.3) is 0 Å². The first kappa shape index (κ1) is 27.9. The number of aliphatic carboxylic acids is 1. The number of allylic oxidation sites excluding steroid dienone is 2. The molecule has 0 unspecified atom stereocenters. The van der Waals surface area contributed by atoms with Crippen LogP contribution in [-0.4, -0.2) is 35.5 Å². The molecule has 0 aromatic heterocycles. The molecule has 0 aliphatic heterocycles. The van der Waals surface area contributed by atoms with Crippen LogP contribution in [0.15, 0.2) is 12.2 Å². The Morgan fingerprint density at radius 3 is 1.81 bits per heavy atom. The second kappa shape index (κ2) is 21.0. The molecule has 0 radical (unpaired) electrons. The normalized spacial score (nSPS) is 10.7. The first-order valence-electron chi connectivity index (χ1n) is 10.2. The van der Waals surface area contributed by atoms with Gasteiger partial charge in [-0.15, -0.1) is 0 Å². The number of unbranched alkanes of at least 4 members (excludes halogenated alkanes) is 11. The van der Waals surface area contributed by atoms with Gasteiger partial charge >= 0.3 is 35.5 Å². The Balaban J connectivity index is -0.00000288. The number of amides is 1. The summed E-state index contributed by atoms with van der Waals surface area (Å²) in [6.45, 7) is 2.05. The number of nitrogens with zero attached hydrogens (tertiary/aromatic N) is 1. The molecule has 0 aromatic carbocycles. The minimum absolute atomic E-state index is 0. The average Bonchev–Trinajstić information content (AvgIpc) is 2.57. The van der Waals surface area contributed by atoms with Crippen LogP contribution in [-0.2, 0) is 9.59 Å². The summed E-state index contributed by atoms with van der Waals surface area (Å²) >= 11 is 0. The van der Waals surface area contributed by atoms with Gasteiger partial charge in [-0.05, 0) is 32.1 Å². The smallest absolute Gasteiger partial charge is 1.00 e. The molecule has 148 valence electrons. The molecule has 0 bridgehead atoms. The summed E-state index contributed by atoms with van der Waals surface area (Å²) in [4.78, 5) is 23.5. The predicted molar refractivity (Wildman–Crippen MR) is 106 cm³/mol. The molecule has 0 saturated carbocycles. The van der Waals surface area contributed by atoms with E-state index in [9.17, 15) is 9.59 Å². The fraction of sp³-hybridized carbons (Fsp3) is 0.810. The molecule has 5 heteroatoms. The average molecular weight is 378 g/mol. The van der Waals surface area contributed by atoms with Crippen molar-refractivity contribution >= 4 is 11.9 Å². The summed E-state index contributed by atoms with van der Waals surface area (Å²) in [7, 11) is 1.55. The number of hydrogen-bond donors (Lipinski definition) is 1. The molecular weight excluding hydrogens is 337 g/mol. The van der Waals surface area contributed by atoms with Gasteiger partial charge in [0.15, 0.2) is 0 Å². The van der Waals surface area contributed by atoms with Gasteiger partial charge in [0.2, 0.25) is 5.91 Å². The van der Waals surface area contributed by atoms with E-state index >= 15 is 0 Å². The third-order valence-electron chi connectivity index (χ3n) is 4.45. The number of rotatable bonds is 17. The topological polar surface area (TPSA) is 57.6 Å². The minimum Gasteiger partial charge on any atom is -1.00 e. The second-order valence-corrected chi connectivity index (χ2v) is 6.98. The number of carboxylic acid groups (broad SMARTS) is 1. The Bertz CT molecular complexity index is 378. The van der Waals surface area contributed by atoms with Gasteiger partial charge in [-0.1, -0.05) is 70.4 Å². The molecule has 1 amide bonds. The molecule has 0 spiro atoms. The molecule has 0 rings (SSSR count). The van der Waals surface area contributed by atoms with Crippen molar-refractivity contribution in [1.29, 1.82) is 0 Å². The molecule has 0 saturated heterocycles. The molecule has 26 heavy (non-hydrogen) atoms. The Kier molecular flexibility index (Phi) is 22.5. The van der Waals surface area contributed by atoms with E-state index in [0.29, 0.717) is 6.42 Å². The van der Waals surface area contributed by atoms with Gasteiger partial charge in [-0.3, -0.25) is 9.59 Å². The van der Waals surface area contributed by atoms with Crippen molar-refractivity contribution in [2.75, 3.05) is 13.6 Å². The third-order valence-corrected chi connectivity index (χ3v) is 4.45. The van der Waals surface area contributed by atoms with Gasteiger partial charge in [0, 0.05) is 13.5 Å². The Hall–Kier alpha value is -0.320. The monoisotopic (exact) mass is 377 g/mol. The van der Waals surface area contributed by atoms with Crippen LogP contribution in [0.2, 0.25) is 0 Å². The van der Waals surface area contributed by atoms with Crippen molar-refractivity contribution in [1.82, 2.24) is 4.90 Å². The zero-order valence-electron chi connectivity index (χ0n) is 18.5. The maximum Gasteiger partial charge on any atom is 1.00 e. The van der Waals surface area contributed by atoms with Gasteiger partial charge in [-0.2, -0.15) is 0 Å². The number of carboxylic acids is 1. The maximum atomic E-state index is 11.7. The van der Waals surface area contributed by atoms with Gasteiger partial charge < -0.3 is 11.4 Å². The number of carbonyl (C=O) groups excluding carboxylic acids is 1. The van der Waals surface area contributed by atoms with Crippen LogP contribution < -0.4 is 29.6 Å². The number of likely N-dealkylation sites (N-methyl/N-ethyl adjacent to an activating group) is 1. The molecule has 0 aliphatic rings. The van der Waals surface area contributed by atoms with Crippen molar-refractivity contribution in [2.24, 2.45) is 0 Å². The zero-order chi connectivity index (χ0) is 18.8. The summed E-state index contributed by atoms with van der Waals surface area (Å²) in [6, 6.07) is 0. The largest absolute Gasteiger partial charge is 1.00 e. The van der Waals surface area contributed by atoms with Crippen LogP contribution in [0, 0.1) is 0 Å². The van der Waals surface area contributed by atoms with Crippen LogP contribution in [0.1, 0.15) is 98.2 Å². The van der Waals surface area contributed by atoms with Crippen molar-refractivity contribution in [3.8, 4) is 0 Å². The quantitative estimate of drug-likeness (QED) is 0.241. The summed E-state index contributed by atoms with van der Waals surface area (Å²) < 4.78 is 0. The van der Waals surface area contributed by atoms with Crippen LogP contribution in [0.5, 0.6) is 0 Å². The van der Waals surface area contributed by atoms with E-state index in [0.717, 1.165) is 25.7 Å². The molecule has 0 aromatic rings. The maximum absolute atomic E-state index is 11.7. The predicted octanol–water partition coefficient (Wildman–Crippen LogP) is 2.68. The van der Waals surface area contributed by atoms with E-state index in [1.54, 1.807) is 7.05 Å². The third kappa shape index (κ3) is 20.0. The van der Waals surface area contributed by atoms with Crippen molar-refractivity contribution in [3.63, 3.8) is 0 Å². The summed E-state index contributed by atoms with van der Waals surface area (Å²) in [5, 5.41) is 8.64. The molecule has 1 N–H and O–H groups in total. The fourth-order valence-electron chi connectivity index (χ4n) is 2.83. The van der Waals surface area contributed by atoms with E-state index in [-0.39, 0.29) is 43.4 Å². The summed E-state index contributed by atoms with van der Waals surface area (Å²) in [5.41, 5.74) is 0. The first-order valence-corrected chi connectivity index (χ1v) is 10.2. The Morgan fingerprint density at radius 1 is 0.846 bits per heavy atom. The number of carbonyl (C=O) groups is 2. The van der Waals surface area contributed by atoms with Crippen molar-refractivity contribution in [2.45, 2.75) is 96.8 Å². The van der Waals surface area contributed by atoms with Crippen molar-refractivity contribution in [3.05, 3.63) is 12.2 Å². The van der Waals surface area contributed by atoms with Crippen LogP contribution in [0.25, 0.3) is 0 Å². The van der Waals surface area contributed by atoms with Gasteiger partial charge in [-0.25, -0.2) is 0 Å². The summed E-state index contributed by atoms with van der Waals surface area (Å²) in [6.07, 6.45) is 21.1. The summed E-state index contributed by atoms with van der Waals surface area (Å²) in [5.74, 6) is -1.03. The van der Waals surface area contributed by atoms with E-state index in [2.05, 4.69) is 19.1 Å². The zero-order valence-corrected chi connectivity index (χ0v) is 19.5. The van der Waals surface area contributed by atoms with Crippen LogP contribution in [0.4, 0.5) is 0 Å². The molecule has 4 nitrogen and oxygen atoms in total. The SMILES string of the molecule is CCCCCCCC/C=C\CCCCCCCC(=O)N(C)CC(=O)O.[H-].[Na+]. The second-order valence-electron chi connectivity index (χ2n) is 6.98. The minimum atomic E-state index is -0.958. The first-order chi connectivity index (χ1) is 12.1. The van der Waals surface area contributed by atoms with Gasteiger partial charge in [0.1, 0.15) is 6.54 Å². The molecule has 0 aliphatic carbocycles. The Labute approximate surface area is 184 Å². The number of hydrogen-bond acceptors (Lipinski definition) is 2. The molecule has 0 heterocycles. The standard InChI is InChI=1S/C21H39NO3.Na.H/c1-3-4-5-6-7-8-9-10-11-12-13-14-15-16-17-18-20(23)22(2)19-21(24)25;;/h10-11H,3-9,12-19H2,1-2H3,(H,24,25);;/q;+1;-1/b11-10-;;. The van der Waals surface area contributed by atoms with E-state index in [1.807, 2.05) is 0 Å². The van der Waals surface area contributed by atoms with E-state index in [4.69, 9.17) is 5.11 Å². The van der Waals surface area contributed by atoms with Crippen LogP contribution in [0.3, 0.4) is 0 Å². The van der Waals surface area contributed by atoms with E-state index in [1.165, 1.54) is 62.7 Å². The van der Waals surface area contributed by atoms with Crippen molar-refractivity contribution < 1.29 is 45.7 Å². The Morgan fingerprint density at radius 2 is 1.31 bits per heavy atom. The molecule has 0 fully saturated rings. The van der Waals surface area contributed by atoms with Crippen LogP contribution >= 0.6 is 0 Å². The van der Waals surface area contributed by atoms with Gasteiger partial charge in [0.05, 0.1) is 0 Å².